The van der Waals surface area contributed by atoms with Crippen LogP contribution in [0.4, 0.5) is 0 Å². The van der Waals surface area contributed by atoms with Gasteiger partial charge >= 0.3 is 11.9 Å². The first-order chi connectivity index (χ1) is 17.6. The highest BCUT2D eigenvalue weighted by Gasteiger charge is 2.28. The molecule has 0 fully saturated rings. The summed E-state index contributed by atoms with van der Waals surface area (Å²) in [6.07, 6.45) is 1.86. The highest BCUT2D eigenvalue weighted by atomic mass is 35.5. The number of benzene rings is 1. The number of pyridine rings is 1. The van der Waals surface area contributed by atoms with E-state index in [0.717, 1.165) is 0 Å². The fourth-order valence-electron chi connectivity index (χ4n) is 2.99. The molecule has 1 N–H and O–H groups in total. The maximum Gasteiger partial charge on any atom is 0.328 e. The number of ether oxygens (including phenoxy) is 5. The molecule has 3 atom stereocenters. The molecule has 2 aromatic rings. The van der Waals surface area contributed by atoms with E-state index in [2.05, 4.69) is 16.9 Å². The van der Waals surface area contributed by atoms with E-state index in [1.165, 1.54) is 39.3 Å². The first kappa shape index (κ1) is 29.7. The molecule has 0 spiro atoms. The predicted octanol–water partition coefficient (Wildman–Crippen LogP) is 4.37. The highest BCUT2D eigenvalue weighted by Crippen LogP contribution is 2.30. The van der Waals surface area contributed by atoms with Crippen LogP contribution in [0.25, 0.3) is 0 Å². The Morgan fingerprint density at radius 2 is 1.89 bits per heavy atom. The van der Waals surface area contributed by atoms with Gasteiger partial charge in [0, 0.05) is 30.6 Å². The van der Waals surface area contributed by atoms with Crippen LogP contribution in [0.3, 0.4) is 0 Å². The number of carbonyl (C=O) groups is 3. The third-order valence-electron chi connectivity index (χ3n) is 4.87. The lowest BCUT2D eigenvalue weighted by Gasteiger charge is -2.26. The molecule has 2 rings (SSSR count). The van der Waals surface area contributed by atoms with Crippen LogP contribution in [0, 0.1) is 0 Å². The van der Waals surface area contributed by atoms with Gasteiger partial charge in [-0.15, -0.1) is 6.58 Å². The van der Waals surface area contributed by atoms with Crippen molar-refractivity contribution in [2.24, 2.45) is 0 Å². The third-order valence-corrected chi connectivity index (χ3v) is 5.40. The zero-order chi connectivity index (χ0) is 27.5. The van der Waals surface area contributed by atoms with E-state index in [1.54, 1.807) is 25.1 Å². The second kappa shape index (κ2) is 14.3. The maximum atomic E-state index is 12.9. The van der Waals surface area contributed by atoms with Gasteiger partial charge in [-0.25, -0.2) is 9.78 Å². The van der Waals surface area contributed by atoms with Crippen molar-refractivity contribution in [2.75, 3.05) is 13.9 Å². The van der Waals surface area contributed by atoms with E-state index in [1.807, 2.05) is 0 Å². The smallest absolute Gasteiger partial charge is 0.328 e. The summed E-state index contributed by atoms with van der Waals surface area (Å²) in [5.41, 5.74) is -0.178. The Bertz CT molecular complexity index is 1130. The van der Waals surface area contributed by atoms with E-state index < -0.39 is 42.9 Å². The van der Waals surface area contributed by atoms with Crippen LogP contribution in [-0.4, -0.2) is 55.0 Å². The summed E-state index contributed by atoms with van der Waals surface area (Å²) in [7, 11) is 1.37. The molecular formula is C25H28Cl2N2O8. The van der Waals surface area contributed by atoms with Crippen molar-refractivity contribution < 1.29 is 38.1 Å². The minimum atomic E-state index is -1.07. The molecule has 0 aliphatic carbocycles. The topological polar surface area (TPSA) is 122 Å². The average Bonchev–Trinajstić information content (AvgIpc) is 2.84. The van der Waals surface area contributed by atoms with E-state index in [9.17, 15) is 14.4 Å². The molecule has 12 heteroatoms. The van der Waals surface area contributed by atoms with Gasteiger partial charge in [0.25, 0.3) is 5.91 Å². The Labute approximate surface area is 224 Å². The summed E-state index contributed by atoms with van der Waals surface area (Å²) < 4.78 is 26.8. The molecular weight excluding hydrogens is 527 g/mol. The van der Waals surface area contributed by atoms with Gasteiger partial charge in [0.2, 0.25) is 6.79 Å². The number of halogens is 2. The molecule has 1 aromatic carbocycles. The third kappa shape index (κ3) is 8.83. The van der Waals surface area contributed by atoms with Crippen LogP contribution in [0.1, 0.15) is 37.7 Å². The van der Waals surface area contributed by atoms with Crippen LogP contribution in [0.15, 0.2) is 43.1 Å². The number of hydrogen-bond donors (Lipinski definition) is 1. The summed E-state index contributed by atoms with van der Waals surface area (Å²) in [6, 6.07) is 5.16. The monoisotopic (exact) mass is 554 g/mol. The Hall–Kier alpha value is -3.50. The van der Waals surface area contributed by atoms with Crippen molar-refractivity contribution in [3.63, 3.8) is 0 Å². The average molecular weight is 555 g/mol. The van der Waals surface area contributed by atoms with Crippen molar-refractivity contribution in [2.45, 2.75) is 45.4 Å². The normalized spacial score (nSPS) is 12.9. The number of aromatic nitrogens is 1. The first-order valence-electron chi connectivity index (χ1n) is 11.1. The van der Waals surface area contributed by atoms with Crippen LogP contribution in [-0.2, 0) is 19.1 Å². The van der Waals surface area contributed by atoms with Crippen molar-refractivity contribution in [1.29, 1.82) is 0 Å². The van der Waals surface area contributed by atoms with Crippen LogP contribution < -0.4 is 19.5 Å². The molecule has 0 aliphatic rings. The van der Waals surface area contributed by atoms with Crippen LogP contribution in [0.5, 0.6) is 17.2 Å². The van der Waals surface area contributed by atoms with Gasteiger partial charge in [-0.3, -0.25) is 9.59 Å². The minimum absolute atomic E-state index is 0.0595. The minimum Gasteiger partial charge on any atom is -0.493 e. The second-order valence-electron chi connectivity index (χ2n) is 7.68. The van der Waals surface area contributed by atoms with Crippen molar-refractivity contribution >= 4 is 41.0 Å². The maximum absolute atomic E-state index is 12.9. The lowest BCUT2D eigenvalue weighted by Crippen LogP contribution is -2.43. The number of nitrogens with zero attached hydrogens (tertiary/aromatic N) is 1. The van der Waals surface area contributed by atoms with Gasteiger partial charge in [-0.1, -0.05) is 29.3 Å². The van der Waals surface area contributed by atoms with Crippen molar-refractivity contribution in [3.05, 3.63) is 58.9 Å². The lowest BCUT2D eigenvalue weighted by molar-refractivity contribution is -0.155. The number of rotatable bonds is 13. The Kier molecular flexibility index (Phi) is 11.5. The fourth-order valence-corrected chi connectivity index (χ4v) is 3.44. The highest BCUT2D eigenvalue weighted by molar-refractivity contribution is 6.35. The molecule has 0 saturated carbocycles. The number of hydrogen-bond acceptors (Lipinski definition) is 9. The number of nitrogens with one attached hydrogen (secondary N) is 1. The molecule has 0 aliphatic heterocycles. The Morgan fingerprint density at radius 3 is 2.51 bits per heavy atom. The molecule has 0 radical (unpaired) electrons. The zero-order valence-electron chi connectivity index (χ0n) is 20.8. The molecule has 10 nitrogen and oxygen atoms in total. The summed E-state index contributed by atoms with van der Waals surface area (Å²) in [6.45, 7) is 7.60. The van der Waals surface area contributed by atoms with Crippen molar-refractivity contribution in [1.82, 2.24) is 10.3 Å². The molecule has 200 valence electrons. The Morgan fingerprint density at radius 1 is 1.16 bits per heavy atom. The number of carbonyl (C=O) groups excluding carboxylic acids is 3. The molecule has 1 heterocycles. The van der Waals surface area contributed by atoms with Crippen LogP contribution in [0.2, 0.25) is 10.0 Å². The number of esters is 2. The zero-order valence-corrected chi connectivity index (χ0v) is 22.3. The largest absolute Gasteiger partial charge is 0.493 e. The second-order valence-corrected chi connectivity index (χ2v) is 8.53. The van der Waals surface area contributed by atoms with Gasteiger partial charge in [0.15, 0.2) is 17.2 Å². The first-order valence-corrected chi connectivity index (χ1v) is 11.9. The summed E-state index contributed by atoms with van der Waals surface area (Å²) in [5, 5.41) is 3.28. The summed E-state index contributed by atoms with van der Waals surface area (Å²) >= 11 is 12.1. The van der Waals surface area contributed by atoms with Crippen molar-refractivity contribution in [3.8, 4) is 17.2 Å². The quantitative estimate of drug-likeness (QED) is 0.218. The predicted molar refractivity (Wildman–Crippen MR) is 136 cm³/mol. The Balaban J connectivity index is 2.09. The SMILES string of the molecule is C=CC[C@@H](OC(=O)[C@H](C)NC(=O)c1nccc(OC)c1OCOC(C)=O)[C@H](C)Oc1ccc(Cl)cc1Cl. The number of amides is 1. The van der Waals surface area contributed by atoms with Gasteiger partial charge < -0.3 is 29.0 Å². The molecule has 1 amide bonds. The van der Waals surface area contributed by atoms with Gasteiger partial charge in [0.1, 0.15) is 24.0 Å². The molecule has 1 aromatic heterocycles. The van der Waals surface area contributed by atoms with E-state index in [-0.39, 0.29) is 23.6 Å². The standard InChI is InChI=1S/C25H28Cl2N2O8/c1-6-7-19(15(3)36-20-9-8-17(26)12-18(20)27)37-25(32)14(2)29-24(31)22-23(35-13-34-16(4)30)21(33-5)10-11-28-22/h6,8-12,14-15,19H,1,7,13H2,2-5H3,(H,29,31)/t14-,15-,19+/m0/s1. The van der Waals surface area contributed by atoms with Gasteiger partial charge in [-0.2, -0.15) is 0 Å². The summed E-state index contributed by atoms with van der Waals surface area (Å²) in [4.78, 5) is 40.8. The molecule has 0 saturated heterocycles. The fraction of sp³-hybridized carbons (Fsp3) is 0.360. The molecule has 0 unspecified atom stereocenters. The van der Waals surface area contributed by atoms with Gasteiger partial charge in [0.05, 0.1) is 12.1 Å². The number of methoxy groups -OCH3 is 1. The van der Waals surface area contributed by atoms with E-state index >= 15 is 0 Å². The molecule has 37 heavy (non-hydrogen) atoms. The van der Waals surface area contributed by atoms with Gasteiger partial charge in [-0.05, 0) is 32.0 Å². The van der Waals surface area contributed by atoms with E-state index in [4.69, 9.17) is 46.9 Å². The van der Waals surface area contributed by atoms with Crippen LogP contribution >= 0.6 is 23.2 Å². The summed E-state index contributed by atoms with van der Waals surface area (Å²) in [5.74, 6) is -1.54. The van der Waals surface area contributed by atoms with E-state index in [0.29, 0.717) is 15.8 Å². The lowest BCUT2D eigenvalue weighted by atomic mass is 10.1. The molecule has 0 bridgehead atoms.